The standard InChI is InChI=1S/C26H35N3O4S/c1-17-15-20(4)24(21(5)16-17)34(32,33)29-14-7-6-11-22(29)12-13-27-25(30)26(31)28-23-18(2)9-8-10-19(23)3/h8-10,15-16,22H,6-7,11-14H2,1-5H3,(H,27,30)(H,28,31). The van der Waals surface area contributed by atoms with Gasteiger partial charge in [-0.15, -0.1) is 0 Å². The summed E-state index contributed by atoms with van der Waals surface area (Å²) in [6.07, 6.45) is 2.92. The summed E-state index contributed by atoms with van der Waals surface area (Å²) in [5.74, 6) is -1.45. The second-order valence-corrected chi connectivity index (χ2v) is 11.1. The van der Waals surface area contributed by atoms with Gasteiger partial charge in [-0.2, -0.15) is 4.31 Å². The van der Waals surface area contributed by atoms with Crippen molar-refractivity contribution < 1.29 is 18.0 Å². The number of carbonyl (C=O) groups excluding carboxylic acids is 2. The Balaban J connectivity index is 1.66. The first-order valence-corrected chi connectivity index (χ1v) is 13.2. The topological polar surface area (TPSA) is 95.6 Å². The normalized spacial score (nSPS) is 16.8. The maximum absolute atomic E-state index is 13.6. The summed E-state index contributed by atoms with van der Waals surface area (Å²) >= 11 is 0. The summed E-state index contributed by atoms with van der Waals surface area (Å²) in [6.45, 7) is 10.1. The molecule has 2 N–H and O–H groups in total. The number of amides is 2. The lowest BCUT2D eigenvalue weighted by Gasteiger charge is -2.35. The molecule has 34 heavy (non-hydrogen) atoms. The minimum absolute atomic E-state index is 0.221. The molecule has 1 heterocycles. The van der Waals surface area contributed by atoms with E-state index >= 15 is 0 Å². The molecule has 1 saturated heterocycles. The maximum Gasteiger partial charge on any atom is 0.313 e. The van der Waals surface area contributed by atoms with E-state index in [0.29, 0.717) is 23.5 Å². The molecule has 0 spiro atoms. The maximum atomic E-state index is 13.6. The second kappa shape index (κ2) is 10.7. The Hall–Kier alpha value is -2.71. The molecular weight excluding hydrogens is 450 g/mol. The number of nitrogens with zero attached hydrogens (tertiary/aromatic N) is 1. The molecule has 0 aliphatic carbocycles. The van der Waals surface area contributed by atoms with Crippen LogP contribution in [0.2, 0.25) is 0 Å². The highest BCUT2D eigenvalue weighted by molar-refractivity contribution is 7.89. The second-order valence-electron chi connectivity index (χ2n) is 9.26. The van der Waals surface area contributed by atoms with Crippen molar-refractivity contribution in [3.63, 3.8) is 0 Å². The van der Waals surface area contributed by atoms with E-state index < -0.39 is 21.8 Å². The number of rotatable bonds is 6. The highest BCUT2D eigenvalue weighted by Gasteiger charge is 2.35. The predicted octanol–water partition coefficient (Wildman–Crippen LogP) is 3.92. The van der Waals surface area contributed by atoms with Gasteiger partial charge in [-0.1, -0.05) is 42.3 Å². The van der Waals surface area contributed by atoms with Gasteiger partial charge < -0.3 is 10.6 Å². The first-order valence-electron chi connectivity index (χ1n) is 11.8. The van der Waals surface area contributed by atoms with E-state index in [1.165, 1.54) is 0 Å². The molecule has 2 amide bonds. The number of anilines is 1. The Labute approximate surface area is 203 Å². The van der Waals surface area contributed by atoms with Crippen LogP contribution in [0.3, 0.4) is 0 Å². The smallest absolute Gasteiger partial charge is 0.313 e. The third kappa shape index (κ3) is 5.67. The van der Waals surface area contributed by atoms with Crippen molar-refractivity contribution in [1.29, 1.82) is 0 Å². The van der Waals surface area contributed by atoms with Crippen molar-refractivity contribution in [2.75, 3.05) is 18.4 Å². The molecule has 1 fully saturated rings. The summed E-state index contributed by atoms with van der Waals surface area (Å²) < 4.78 is 28.8. The number of aryl methyl sites for hydroxylation is 5. The van der Waals surface area contributed by atoms with Gasteiger partial charge in [0.25, 0.3) is 0 Å². The van der Waals surface area contributed by atoms with Crippen LogP contribution in [-0.4, -0.2) is 43.7 Å². The average molecular weight is 486 g/mol. The first-order chi connectivity index (χ1) is 16.0. The van der Waals surface area contributed by atoms with Crippen molar-refractivity contribution in [3.05, 3.63) is 58.1 Å². The van der Waals surface area contributed by atoms with E-state index in [2.05, 4.69) is 10.6 Å². The van der Waals surface area contributed by atoms with E-state index in [1.54, 1.807) is 4.31 Å². The number of nitrogens with one attached hydrogen (secondary N) is 2. The van der Waals surface area contributed by atoms with Crippen LogP contribution in [0.15, 0.2) is 35.2 Å². The monoisotopic (exact) mass is 485 g/mol. The number of piperidine rings is 1. The zero-order valence-corrected chi connectivity index (χ0v) is 21.5. The van der Waals surface area contributed by atoms with Crippen molar-refractivity contribution in [2.24, 2.45) is 0 Å². The molecule has 0 aromatic heterocycles. The van der Waals surface area contributed by atoms with E-state index in [1.807, 2.05) is 65.0 Å². The molecule has 1 atom stereocenters. The molecule has 7 nitrogen and oxygen atoms in total. The Morgan fingerprint density at radius 3 is 2.18 bits per heavy atom. The summed E-state index contributed by atoms with van der Waals surface area (Å²) in [6, 6.07) is 9.21. The molecule has 1 aliphatic heterocycles. The summed E-state index contributed by atoms with van der Waals surface area (Å²) in [7, 11) is -3.67. The van der Waals surface area contributed by atoms with Crippen LogP contribution in [0.5, 0.6) is 0 Å². The molecule has 0 bridgehead atoms. The van der Waals surface area contributed by atoms with Crippen LogP contribution in [0, 0.1) is 34.6 Å². The van der Waals surface area contributed by atoms with Crippen LogP contribution in [0.25, 0.3) is 0 Å². The summed E-state index contributed by atoms with van der Waals surface area (Å²) in [5.41, 5.74) is 4.93. The fraction of sp³-hybridized carbons (Fsp3) is 0.462. The quantitative estimate of drug-likeness (QED) is 0.607. The molecule has 0 radical (unpaired) electrons. The third-order valence-electron chi connectivity index (χ3n) is 6.43. The number of hydrogen-bond donors (Lipinski definition) is 2. The van der Waals surface area contributed by atoms with Gasteiger partial charge in [0.15, 0.2) is 0 Å². The molecule has 1 aliphatic rings. The van der Waals surface area contributed by atoms with Gasteiger partial charge in [-0.05, 0) is 76.1 Å². The molecule has 184 valence electrons. The Morgan fingerprint density at radius 2 is 1.56 bits per heavy atom. The van der Waals surface area contributed by atoms with Crippen LogP contribution in [-0.2, 0) is 19.6 Å². The molecule has 0 saturated carbocycles. The van der Waals surface area contributed by atoms with Crippen LogP contribution in [0.4, 0.5) is 5.69 Å². The number of carbonyl (C=O) groups is 2. The number of sulfonamides is 1. The average Bonchev–Trinajstić information content (AvgIpc) is 2.75. The van der Waals surface area contributed by atoms with Crippen LogP contribution in [0.1, 0.15) is 53.5 Å². The number of hydrogen-bond acceptors (Lipinski definition) is 4. The Kier molecular flexibility index (Phi) is 8.15. The van der Waals surface area contributed by atoms with Crippen molar-refractivity contribution >= 4 is 27.5 Å². The lowest BCUT2D eigenvalue weighted by atomic mass is 10.0. The van der Waals surface area contributed by atoms with E-state index in [0.717, 1.165) is 47.1 Å². The number of benzene rings is 2. The highest BCUT2D eigenvalue weighted by Crippen LogP contribution is 2.31. The lowest BCUT2D eigenvalue weighted by Crippen LogP contribution is -2.46. The van der Waals surface area contributed by atoms with Gasteiger partial charge in [0.05, 0.1) is 4.90 Å². The zero-order valence-electron chi connectivity index (χ0n) is 20.7. The van der Waals surface area contributed by atoms with Gasteiger partial charge in [0.1, 0.15) is 0 Å². The summed E-state index contributed by atoms with van der Waals surface area (Å²) in [4.78, 5) is 25.1. The third-order valence-corrected chi connectivity index (χ3v) is 8.69. The van der Waals surface area contributed by atoms with E-state index in [9.17, 15) is 18.0 Å². The van der Waals surface area contributed by atoms with E-state index in [-0.39, 0.29) is 12.6 Å². The van der Waals surface area contributed by atoms with Gasteiger partial charge in [-0.3, -0.25) is 9.59 Å². The molecular formula is C26H35N3O4S. The largest absolute Gasteiger partial charge is 0.348 e. The molecule has 8 heteroatoms. The first kappa shape index (κ1) is 25.9. The van der Waals surface area contributed by atoms with Crippen LogP contribution < -0.4 is 10.6 Å². The molecule has 2 aromatic rings. The zero-order chi connectivity index (χ0) is 25.0. The fourth-order valence-electron chi connectivity index (χ4n) is 4.88. The molecule has 3 rings (SSSR count). The Morgan fingerprint density at radius 1 is 0.941 bits per heavy atom. The number of para-hydroxylation sites is 1. The molecule has 1 unspecified atom stereocenters. The van der Waals surface area contributed by atoms with Crippen molar-refractivity contribution in [1.82, 2.24) is 9.62 Å². The highest BCUT2D eigenvalue weighted by atomic mass is 32.2. The van der Waals surface area contributed by atoms with Crippen LogP contribution >= 0.6 is 0 Å². The lowest BCUT2D eigenvalue weighted by molar-refractivity contribution is -0.136. The van der Waals surface area contributed by atoms with Gasteiger partial charge in [0.2, 0.25) is 10.0 Å². The van der Waals surface area contributed by atoms with Gasteiger partial charge in [-0.25, -0.2) is 8.42 Å². The van der Waals surface area contributed by atoms with E-state index in [4.69, 9.17) is 0 Å². The molecule has 2 aromatic carbocycles. The minimum atomic E-state index is -3.67. The minimum Gasteiger partial charge on any atom is -0.348 e. The Bertz CT molecular complexity index is 1150. The SMILES string of the molecule is Cc1cc(C)c(S(=O)(=O)N2CCCCC2CCNC(=O)C(=O)Nc2c(C)cccc2C)c(C)c1. The van der Waals surface area contributed by atoms with Gasteiger partial charge >= 0.3 is 11.8 Å². The summed E-state index contributed by atoms with van der Waals surface area (Å²) in [5, 5.41) is 5.34. The van der Waals surface area contributed by atoms with Crippen molar-refractivity contribution in [2.45, 2.75) is 71.2 Å². The van der Waals surface area contributed by atoms with Gasteiger partial charge in [0, 0.05) is 24.8 Å². The predicted molar refractivity (Wildman–Crippen MR) is 134 cm³/mol. The fourth-order valence-corrected chi connectivity index (χ4v) is 7.02. The van der Waals surface area contributed by atoms with Crippen molar-refractivity contribution in [3.8, 4) is 0 Å².